The van der Waals surface area contributed by atoms with Crippen molar-refractivity contribution in [1.82, 2.24) is 14.9 Å². The Morgan fingerprint density at radius 1 is 0.970 bits per heavy atom. The smallest absolute Gasteiger partial charge is 0.430 e. The van der Waals surface area contributed by atoms with E-state index in [2.05, 4.69) is 10.3 Å². The molecule has 0 unspecified atom stereocenters. The van der Waals surface area contributed by atoms with Crippen molar-refractivity contribution < 1.29 is 29.0 Å². The van der Waals surface area contributed by atoms with Crippen LogP contribution < -0.4 is 19.7 Å². The molecule has 0 aliphatic heterocycles. The van der Waals surface area contributed by atoms with Gasteiger partial charge in [-0.25, -0.2) is 19.4 Å². The molecule has 0 fully saturated rings. The minimum absolute atomic E-state index is 0.188. The number of amides is 3. The fourth-order valence-electron chi connectivity index (χ4n) is 3.10. The third-order valence-electron chi connectivity index (χ3n) is 4.60. The highest BCUT2D eigenvalue weighted by Crippen LogP contribution is 2.28. The van der Waals surface area contributed by atoms with E-state index in [1.807, 2.05) is 0 Å². The van der Waals surface area contributed by atoms with Crippen LogP contribution in [0.4, 0.5) is 20.2 Å². The second kappa shape index (κ2) is 9.10. The van der Waals surface area contributed by atoms with Crippen molar-refractivity contribution in [1.29, 1.82) is 0 Å². The summed E-state index contributed by atoms with van der Waals surface area (Å²) in [6.07, 6.45) is 0.247. The number of imide groups is 1. The van der Waals surface area contributed by atoms with Crippen molar-refractivity contribution in [3.05, 3.63) is 79.1 Å². The standard InChI is InChI=1S/C23H18N4O6/c1-24-21(28)26-12-10-15-7-8-17(13-19(15)26)32-18-9-11-25-20(14-18)27(22(29)30)23(31)33-16-5-3-2-4-6-16/h2-14H,1H3,(H,24,28)(H,29,30). The molecule has 4 rings (SSSR count). The van der Waals surface area contributed by atoms with Crippen molar-refractivity contribution in [3.8, 4) is 17.2 Å². The number of hydrogen-bond acceptors (Lipinski definition) is 6. The molecule has 0 saturated carbocycles. The highest BCUT2D eigenvalue weighted by molar-refractivity contribution is 6.08. The van der Waals surface area contributed by atoms with Crippen LogP contribution in [0.5, 0.6) is 17.2 Å². The van der Waals surface area contributed by atoms with Gasteiger partial charge in [-0.15, -0.1) is 0 Å². The summed E-state index contributed by atoms with van der Waals surface area (Å²) in [5.74, 6) is 0.623. The number of para-hydroxylation sites is 1. The monoisotopic (exact) mass is 446 g/mol. The quantitative estimate of drug-likeness (QED) is 0.466. The number of benzene rings is 2. The van der Waals surface area contributed by atoms with Gasteiger partial charge in [0.15, 0.2) is 5.82 Å². The van der Waals surface area contributed by atoms with Crippen LogP contribution in [0.1, 0.15) is 0 Å². The van der Waals surface area contributed by atoms with Crippen molar-refractivity contribution in [2.45, 2.75) is 0 Å². The summed E-state index contributed by atoms with van der Waals surface area (Å²) in [6, 6.07) is 17.5. The molecule has 2 N–H and O–H groups in total. The summed E-state index contributed by atoms with van der Waals surface area (Å²) in [7, 11) is 1.53. The maximum atomic E-state index is 12.5. The molecule has 0 aliphatic carbocycles. The minimum Gasteiger partial charge on any atom is -0.464 e. The predicted molar refractivity (Wildman–Crippen MR) is 119 cm³/mol. The van der Waals surface area contributed by atoms with E-state index < -0.39 is 12.2 Å². The molecule has 0 radical (unpaired) electrons. The number of ether oxygens (including phenoxy) is 2. The summed E-state index contributed by atoms with van der Waals surface area (Å²) in [4.78, 5) is 40.6. The summed E-state index contributed by atoms with van der Waals surface area (Å²) in [5, 5.41) is 13.0. The molecule has 3 amide bonds. The van der Waals surface area contributed by atoms with Gasteiger partial charge in [0, 0.05) is 37.0 Å². The summed E-state index contributed by atoms with van der Waals surface area (Å²) < 4.78 is 12.4. The van der Waals surface area contributed by atoms with Gasteiger partial charge < -0.3 is 19.9 Å². The number of rotatable bonds is 4. The van der Waals surface area contributed by atoms with Crippen LogP contribution in [-0.2, 0) is 0 Å². The first-order valence-corrected chi connectivity index (χ1v) is 9.73. The number of carboxylic acid groups (broad SMARTS) is 1. The van der Waals surface area contributed by atoms with Crippen LogP contribution in [0.25, 0.3) is 10.9 Å². The Hall–Kier alpha value is -4.86. The van der Waals surface area contributed by atoms with Gasteiger partial charge in [0.2, 0.25) is 0 Å². The first-order chi connectivity index (χ1) is 16.0. The van der Waals surface area contributed by atoms with Gasteiger partial charge in [-0.3, -0.25) is 4.57 Å². The van der Waals surface area contributed by atoms with Gasteiger partial charge in [-0.1, -0.05) is 18.2 Å². The Kier molecular flexibility index (Phi) is 5.90. The van der Waals surface area contributed by atoms with Crippen molar-refractivity contribution in [2.75, 3.05) is 11.9 Å². The molecular formula is C23H18N4O6. The number of carbonyl (C=O) groups is 3. The number of pyridine rings is 1. The fourth-order valence-corrected chi connectivity index (χ4v) is 3.10. The molecule has 0 atom stereocenters. The predicted octanol–water partition coefficient (Wildman–Crippen LogP) is 4.70. The zero-order valence-electron chi connectivity index (χ0n) is 17.3. The lowest BCUT2D eigenvalue weighted by molar-refractivity contribution is 0.187. The zero-order valence-corrected chi connectivity index (χ0v) is 17.3. The van der Waals surface area contributed by atoms with E-state index in [0.29, 0.717) is 16.2 Å². The second-order valence-electron chi connectivity index (χ2n) is 6.71. The highest BCUT2D eigenvalue weighted by Gasteiger charge is 2.27. The molecule has 166 valence electrons. The first-order valence-electron chi connectivity index (χ1n) is 9.73. The topological polar surface area (TPSA) is 123 Å². The van der Waals surface area contributed by atoms with Crippen LogP contribution in [-0.4, -0.2) is 39.9 Å². The normalized spacial score (nSPS) is 10.5. The van der Waals surface area contributed by atoms with E-state index in [1.165, 1.54) is 42.1 Å². The molecule has 0 spiro atoms. The van der Waals surface area contributed by atoms with Crippen LogP contribution >= 0.6 is 0 Å². The third-order valence-corrected chi connectivity index (χ3v) is 4.60. The van der Waals surface area contributed by atoms with Crippen LogP contribution in [0.2, 0.25) is 0 Å². The number of carbonyl (C=O) groups excluding carboxylic acids is 2. The Morgan fingerprint density at radius 3 is 2.45 bits per heavy atom. The van der Waals surface area contributed by atoms with Gasteiger partial charge in [-0.2, -0.15) is 4.90 Å². The molecule has 0 aliphatic rings. The molecule has 0 bridgehead atoms. The van der Waals surface area contributed by atoms with Gasteiger partial charge >= 0.3 is 18.2 Å². The van der Waals surface area contributed by atoms with E-state index in [1.54, 1.807) is 48.7 Å². The maximum absolute atomic E-state index is 12.5. The second-order valence-corrected chi connectivity index (χ2v) is 6.71. The Balaban J connectivity index is 1.59. The number of nitrogens with one attached hydrogen (secondary N) is 1. The van der Waals surface area contributed by atoms with Crippen molar-refractivity contribution in [3.63, 3.8) is 0 Å². The molecule has 10 heteroatoms. The number of anilines is 1. The fraction of sp³-hybridized carbons (Fsp3) is 0.0435. The molecule has 0 saturated heterocycles. The molecule has 2 aromatic heterocycles. The van der Waals surface area contributed by atoms with E-state index in [0.717, 1.165) is 5.39 Å². The van der Waals surface area contributed by atoms with Crippen LogP contribution in [0, 0.1) is 0 Å². The average Bonchev–Trinajstić information content (AvgIpc) is 3.22. The van der Waals surface area contributed by atoms with Crippen molar-refractivity contribution in [2.24, 2.45) is 0 Å². The number of hydrogen-bond donors (Lipinski definition) is 2. The van der Waals surface area contributed by atoms with Gasteiger partial charge in [0.05, 0.1) is 5.52 Å². The summed E-state index contributed by atoms with van der Waals surface area (Å²) in [6.45, 7) is 0. The SMILES string of the molecule is CNC(=O)n1ccc2ccc(Oc3ccnc(N(C(=O)O)C(=O)Oc4ccccc4)c3)cc21. The molecule has 33 heavy (non-hydrogen) atoms. The third kappa shape index (κ3) is 4.59. The Bertz CT molecular complexity index is 1340. The van der Waals surface area contributed by atoms with E-state index >= 15 is 0 Å². The number of aromatic nitrogens is 2. The average molecular weight is 446 g/mol. The Labute approximate surface area is 187 Å². The highest BCUT2D eigenvalue weighted by atomic mass is 16.6. The van der Waals surface area contributed by atoms with E-state index in [-0.39, 0.29) is 23.3 Å². The van der Waals surface area contributed by atoms with Gasteiger partial charge in [-0.05, 0) is 36.4 Å². The largest absolute Gasteiger partial charge is 0.464 e. The molecule has 2 heterocycles. The van der Waals surface area contributed by atoms with Crippen LogP contribution in [0.3, 0.4) is 0 Å². The van der Waals surface area contributed by atoms with Crippen molar-refractivity contribution >= 4 is 34.9 Å². The zero-order chi connectivity index (χ0) is 23.4. The van der Waals surface area contributed by atoms with Crippen LogP contribution in [0.15, 0.2) is 79.1 Å². The van der Waals surface area contributed by atoms with E-state index in [4.69, 9.17) is 9.47 Å². The molecule has 10 nitrogen and oxygen atoms in total. The molecule has 4 aromatic rings. The minimum atomic E-state index is -1.56. The molecular weight excluding hydrogens is 428 g/mol. The number of fused-ring (bicyclic) bond motifs is 1. The summed E-state index contributed by atoms with van der Waals surface area (Å²) >= 11 is 0. The Morgan fingerprint density at radius 2 is 1.73 bits per heavy atom. The summed E-state index contributed by atoms with van der Waals surface area (Å²) in [5.41, 5.74) is 0.625. The number of nitrogens with zero attached hydrogens (tertiary/aromatic N) is 3. The lowest BCUT2D eigenvalue weighted by Crippen LogP contribution is -2.38. The van der Waals surface area contributed by atoms with Gasteiger partial charge in [0.25, 0.3) is 0 Å². The van der Waals surface area contributed by atoms with Gasteiger partial charge in [0.1, 0.15) is 17.2 Å². The van der Waals surface area contributed by atoms with E-state index in [9.17, 15) is 19.5 Å². The maximum Gasteiger partial charge on any atom is 0.430 e. The lowest BCUT2D eigenvalue weighted by Gasteiger charge is -2.16. The first kappa shape index (κ1) is 21.4. The lowest BCUT2D eigenvalue weighted by atomic mass is 10.2. The molecule has 2 aromatic carbocycles.